The Morgan fingerprint density at radius 2 is 2.16 bits per heavy atom. The minimum Gasteiger partial charge on any atom is -0.507 e. The molecule has 2 heterocycles. The molecule has 132 valence electrons. The SMILES string of the molecule is COc1cncc([C@H](NC(=O)c2c[nH]c(=O)cc2O)C2CC(O)C2)c1. The van der Waals surface area contributed by atoms with Crippen molar-refractivity contribution in [3.8, 4) is 11.5 Å². The Morgan fingerprint density at radius 1 is 1.40 bits per heavy atom. The zero-order valence-electron chi connectivity index (χ0n) is 13.6. The summed E-state index contributed by atoms with van der Waals surface area (Å²) >= 11 is 0. The van der Waals surface area contributed by atoms with Crippen LogP contribution in [0.1, 0.15) is 34.8 Å². The monoisotopic (exact) mass is 345 g/mol. The molecule has 8 nitrogen and oxygen atoms in total. The van der Waals surface area contributed by atoms with Gasteiger partial charge < -0.3 is 25.3 Å². The summed E-state index contributed by atoms with van der Waals surface area (Å²) in [4.78, 5) is 30.2. The third kappa shape index (κ3) is 3.63. The molecule has 0 spiro atoms. The van der Waals surface area contributed by atoms with Crippen molar-refractivity contribution in [1.29, 1.82) is 0 Å². The van der Waals surface area contributed by atoms with Crippen LogP contribution in [0, 0.1) is 5.92 Å². The fraction of sp³-hybridized carbons (Fsp3) is 0.353. The summed E-state index contributed by atoms with van der Waals surface area (Å²) in [5, 5.41) is 22.3. The van der Waals surface area contributed by atoms with Crippen LogP contribution in [0.4, 0.5) is 0 Å². The van der Waals surface area contributed by atoms with Crippen LogP contribution in [0.15, 0.2) is 35.5 Å². The lowest BCUT2D eigenvalue weighted by atomic mass is 9.75. The molecule has 1 fully saturated rings. The molecule has 25 heavy (non-hydrogen) atoms. The molecule has 3 rings (SSSR count). The van der Waals surface area contributed by atoms with Crippen LogP contribution in [-0.4, -0.2) is 39.3 Å². The minimum absolute atomic E-state index is 0.0275. The minimum atomic E-state index is -0.525. The van der Waals surface area contributed by atoms with Gasteiger partial charge in [0.25, 0.3) is 11.5 Å². The average Bonchev–Trinajstić information content (AvgIpc) is 2.57. The van der Waals surface area contributed by atoms with E-state index in [9.17, 15) is 19.8 Å². The number of aromatic nitrogens is 2. The van der Waals surface area contributed by atoms with E-state index in [4.69, 9.17) is 4.74 Å². The molecule has 0 aliphatic heterocycles. The largest absolute Gasteiger partial charge is 0.507 e. The van der Waals surface area contributed by atoms with E-state index in [1.807, 2.05) is 0 Å². The first-order valence-electron chi connectivity index (χ1n) is 7.87. The number of carbonyl (C=O) groups is 1. The number of pyridine rings is 2. The van der Waals surface area contributed by atoms with Crippen molar-refractivity contribution < 1.29 is 19.7 Å². The summed E-state index contributed by atoms with van der Waals surface area (Å²) in [5.41, 5.74) is 0.221. The van der Waals surface area contributed by atoms with E-state index >= 15 is 0 Å². The number of hydrogen-bond donors (Lipinski definition) is 4. The summed E-state index contributed by atoms with van der Waals surface area (Å²) in [6.07, 6.45) is 5.09. The van der Waals surface area contributed by atoms with Gasteiger partial charge in [0.15, 0.2) is 0 Å². The Hall–Kier alpha value is -2.87. The van der Waals surface area contributed by atoms with E-state index in [1.165, 1.54) is 13.3 Å². The van der Waals surface area contributed by atoms with Crippen molar-refractivity contribution in [2.75, 3.05) is 7.11 Å². The van der Waals surface area contributed by atoms with E-state index in [-0.39, 0.29) is 17.6 Å². The molecule has 0 radical (unpaired) electrons. The van der Waals surface area contributed by atoms with Crippen LogP contribution in [0.5, 0.6) is 11.5 Å². The fourth-order valence-corrected chi connectivity index (χ4v) is 2.95. The molecular weight excluding hydrogens is 326 g/mol. The van der Waals surface area contributed by atoms with Crippen LogP contribution in [0.2, 0.25) is 0 Å². The van der Waals surface area contributed by atoms with Gasteiger partial charge in [0.05, 0.1) is 31.0 Å². The molecule has 0 saturated heterocycles. The smallest absolute Gasteiger partial charge is 0.257 e. The normalized spacial score (nSPS) is 20.4. The molecule has 2 aromatic rings. The summed E-state index contributed by atoms with van der Waals surface area (Å²) in [7, 11) is 1.53. The number of rotatable bonds is 5. The number of aromatic amines is 1. The van der Waals surface area contributed by atoms with E-state index in [2.05, 4.69) is 15.3 Å². The first-order chi connectivity index (χ1) is 12.0. The zero-order chi connectivity index (χ0) is 18.0. The average molecular weight is 345 g/mol. The van der Waals surface area contributed by atoms with Gasteiger partial charge in [0, 0.05) is 18.5 Å². The molecule has 0 aromatic carbocycles. The second kappa shape index (κ2) is 6.94. The van der Waals surface area contributed by atoms with Gasteiger partial charge in [-0.2, -0.15) is 0 Å². The molecule has 2 aromatic heterocycles. The van der Waals surface area contributed by atoms with Gasteiger partial charge in [0.1, 0.15) is 11.5 Å². The number of nitrogens with one attached hydrogen (secondary N) is 2. The van der Waals surface area contributed by atoms with Crippen molar-refractivity contribution in [2.24, 2.45) is 5.92 Å². The third-order valence-corrected chi connectivity index (χ3v) is 4.38. The highest BCUT2D eigenvalue weighted by Crippen LogP contribution is 2.38. The molecule has 1 aliphatic rings. The first-order valence-corrected chi connectivity index (χ1v) is 7.87. The molecule has 1 amide bonds. The van der Waals surface area contributed by atoms with Crippen molar-refractivity contribution >= 4 is 5.91 Å². The molecule has 0 unspecified atom stereocenters. The number of aliphatic hydroxyl groups is 1. The number of methoxy groups -OCH3 is 1. The van der Waals surface area contributed by atoms with Crippen LogP contribution < -0.4 is 15.6 Å². The lowest BCUT2D eigenvalue weighted by Gasteiger charge is -2.38. The van der Waals surface area contributed by atoms with Crippen molar-refractivity contribution in [1.82, 2.24) is 15.3 Å². The molecule has 8 heteroatoms. The highest BCUT2D eigenvalue weighted by molar-refractivity contribution is 5.96. The fourth-order valence-electron chi connectivity index (χ4n) is 2.95. The standard InChI is InChI=1S/C17H19N3O5/c1-25-12-4-10(6-18-7-12)16(9-2-11(21)3-9)20-17(24)13-8-19-15(23)5-14(13)22/h4-9,11,16,21H,2-3H2,1H3,(H,20,24)(H2,19,22,23)/t9?,11?,16-/m1/s1. The Labute approximate surface area is 143 Å². The maximum atomic E-state index is 12.5. The third-order valence-electron chi connectivity index (χ3n) is 4.38. The number of nitrogens with zero attached hydrogens (tertiary/aromatic N) is 1. The van der Waals surface area contributed by atoms with Crippen molar-refractivity contribution in [2.45, 2.75) is 25.0 Å². The Morgan fingerprint density at radius 3 is 2.80 bits per heavy atom. The number of H-pyrrole nitrogens is 1. The quantitative estimate of drug-likeness (QED) is 0.633. The second-order valence-electron chi connectivity index (χ2n) is 6.09. The summed E-state index contributed by atoms with van der Waals surface area (Å²) in [6.45, 7) is 0. The molecule has 1 saturated carbocycles. The summed E-state index contributed by atoms with van der Waals surface area (Å²) in [5.74, 6) is -0.318. The number of ether oxygens (including phenoxy) is 1. The number of carbonyl (C=O) groups excluding carboxylic acids is 1. The topological polar surface area (TPSA) is 125 Å². The molecular formula is C17H19N3O5. The highest BCUT2D eigenvalue weighted by atomic mass is 16.5. The van der Waals surface area contributed by atoms with Gasteiger partial charge in [0.2, 0.25) is 0 Å². The predicted octanol–water partition coefficient (Wildman–Crippen LogP) is 0.726. The van der Waals surface area contributed by atoms with E-state index in [1.54, 1.807) is 18.5 Å². The summed E-state index contributed by atoms with van der Waals surface area (Å²) < 4.78 is 5.18. The van der Waals surface area contributed by atoms with E-state index < -0.39 is 23.3 Å². The van der Waals surface area contributed by atoms with Gasteiger partial charge in [-0.15, -0.1) is 0 Å². The van der Waals surface area contributed by atoms with Crippen LogP contribution in [-0.2, 0) is 0 Å². The Kier molecular flexibility index (Phi) is 4.71. The van der Waals surface area contributed by atoms with Crippen LogP contribution in [0.25, 0.3) is 0 Å². The van der Waals surface area contributed by atoms with Crippen LogP contribution in [0.3, 0.4) is 0 Å². The van der Waals surface area contributed by atoms with E-state index in [0.717, 1.165) is 11.6 Å². The summed E-state index contributed by atoms with van der Waals surface area (Å²) in [6, 6.07) is 2.32. The van der Waals surface area contributed by atoms with Gasteiger partial charge in [-0.3, -0.25) is 14.6 Å². The molecule has 1 atom stereocenters. The van der Waals surface area contributed by atoms with Crippen molar-refractivity contribution in [3.63, 3.8) is 0 Å². The van der Waals surface area contributed by atoms with Crippen LogP contribution >= 0.6 is 0 Å². The predicted molar refractivity (Wildman–Crippen MR) is 88.5 cm³/mol. The van der Waals surface area contributed by atoms with Gasteiger partial charge >= 0.3 is 0 Å². The van der Waals surface area contributed by atoms with Crippen molar-refractivity contribution in [3.05, 3.63) is 52.2 Å². The zero-order valence-corrected chi connectivity index (χ0v) is 13.6. The molecule has 0 bridgehead atoms. The number of aromatic hydroxyl groups is 1. The number of aliphatic hydroxyl groups excluding tert-OH is 1. The second-order valence-corrected chi connectivity index (χ2v) is 6.09. The number of hydrogen-bond acceptors (Lipinski definition) is 6. The Bertz CT molecular complexity index is 829. The highest BCUT2D eigenvalue weighted by Gasteiger charge is 2.36. The number of amides is 1. The molecule has 4 N–H and O–H groups in total. The Balaban J connectivity index is 1.87. The van der Waals surface area contributed by atoms with Gasteiger partial charge in [-0.05, 0) is 30.4 Å². The van der Waals surface area contributed by atoms with E-state index in [0.29, 0.717) is 18.6 Å². The van der Waals surface area contributed by atoms with Gasteiger partial charge in [-0.25, -0.2) is 0 Å². The maximum absolute atomic E-state index is 12.5. The van der Waals surface area contributed by atoms with Gasteiger partial charge in [-0.1, -0.05) is 0 Å². The maximum Gasteiger partial charge on any atom is 0.257 e. The first kappa shape index (κ1) is 17.0. The lowest BCUT2D eigenvalue weighted by molar-refractivity contribution is 0.0234. The lowest BCUT2D eigenvalue weighted by Crippen LogP contribution is -2.41. The molecule has 1 aliphatic carbocycles.